The summed E-state index contributed by atoms with van der Waals surface area (Å²) < 4.78 is 72.5. The van der Waals surface area contributed by atoms with Crippen molar-refractivity contribution >= 4 is 43.6 Å². The van der Waals surface area contributed by atoms with Crippen LogP contribution in [-0.4, -0.2) is 9.13 Å². The second kappa shape index (κ2) is 8.22. The minimum atomic E-state index is -0.460. The van der Waals surface area contributed by atoms with Crippen molar-refractivity contribution in [2.75, 3.05) is 0 Å². The molecular weight excluding hydrogens is 460 g/mol. The smallest absolute Gasteiger partial charge is 0.0645 e. The van der Waals surface area contributed by atoms with Gasteiger partial charge in [0.15, 0.2) is 0 Å². The van der Waals surface area contributed by atoms with E-state index in [4.69, 9.17) is 11.0 Å². The van der Waals surface area contributed by atoms with Crippen molar-refractivity contribution < 1.29 is 11.0 Å². The Labute approximate surface area is 231 Å². The molecule has 0 amide bonds. The van der Waals surface area contributed by atoms with E-state index in [1.807, 2.05) is 54.6 Å². The summed E-state index contributed by atoms with van der Waals surface area (Å²) in [5.74, 6) is 0. The maximum absolute atomic E-state index is 8.88. The van der Waals surface area contributed by atoms with Gasteiger partial charge < -0.3 is 9.13 Å². The van der Waals surface area contributed by atoms with Gasteiger partial charge in [0.1, 0.15) is 0 Å². The van der Waals surface area contributed by atoms with E-state index in [2.05, 4.69) is 47.0 Å². The second-order valence-electron chi connectivity index (χ2n) is 9.25. The molecule has 0 unspecified atom stereocenters. The minimum Gasteiger partial charge on any atom is -0.309 e. The molecule has 0 saturated heterocycles. The Morgan fingerprint density at radius 3 is 1.68 bits per heavy atom. The molecule has 2 aromatic heterocycles. The van der Waals surface area contributed by atoms with Gasteiger partial charge in [-0.1, -0.05) is 103 Å². The van der Waals surface area contributed by atoms with E-state index in [0.717, 1.165) is 38.6 Å². The summed E-state index contributed by atoms with van der Waals surface area (Å²) >= 11 is 0. The van der Waals surface area contributed by atoms with Gasteiger partial charge in [-0.15, -0.1) is 0 Å². The van der Waals surface area contributed by atoms with Crippen LogP contribution in [0.1, 0.15) is 11.0 Å². The molecule has 6 aromatic carbocycles. The van der Waals surface area contributed by atoms with Crippen molar-refractivity contribution in [1.29, 1.82) is 0 Å². The molecule has 38 heavy (non-hydrogen) atoms. The van der Waals surface area contributed by atoms with E-state index in [-0.39, 0.29) is 46.0 Å². The molecule has 0 N–H and O–H groups in total. The predicted octanol–water partition coefficient (Wildman–Crippen LogP) is 9.55. The fourth-order valence-electron chi connectivity index (χ4n) is 5.49. The topological polar surface area (TPSA) is 9.86 Å². The van der Waals surface area contributed by atoms with E-state index in [0.29, 0.717) is 5.69 Å². The van der Waals surface area contributed by atoms with Crippen LogP contribution in [-0.2, 0) is 0 Å². The Morgan fingerprint density at radius 1 is 0.395 bits per heavy atom. The van der Waals surface area contributed by atoms with Crippen LogP contribution < -0.4 is 0 Å². The number of benzene rings is 6. The SMILES string of the molecule is [2H]c1c([2H])c([2H])c2c(c1[2H])c1c([2H])c([2H])c([2H])c([2H])c1n2-c1ccc2c3ccccc3n(-c3ccc(-c4ccccc4)cc3)c2c1. The summed E-state index contributed by atoms with van der Waals surface area (Å²) in [7, 11) is 0. The Balaban J connectivity index is 1.48. The van der Waals surface area contributed by atoms with Crippen LogP contribution in [0.3, 0.4) is 0 Å². The average molecular weight is 493 g/mol. The molecule has 2 heterocycles. The molecule has 0 aliphatic rings. The van der Waals surface area contributed by atoms with Crippen molar-refractivity contribution in [2.24, 2.45) is 0 Å². The first kappa shape index (κ1) is 14.6. The quantitative estimate of drug-likeness (QED) is 0.232. The lowest BCUT2D eigenvalue weighted by Gasteiger charge is -2.12. The van der Waals surface area contributed by atoms with Crippen LogP contribution in [0.4, 0.5) is 0 Å². The standard InChI is InChI=1S/C36H24N2/c1-2-10-25(11-3-1)26-18-20-27(21-19-26)37-33-15-7-6-14-31(33)32-23-22-28(24-36(32)37)38-34-16-8-4-12-29(34)30-13-5-9-17-35(30)38/h1-24H/i4D,5D,8D,9D,12D,13D,16D,17D. The van der Waals surface area contributed by atoms with E-state index >= 15 is 0 Å². The van der Waals surface area contributed by atoms with Gasteiger partial charge in [-0.3, -0.25) is 0 Å². The summed E-state index contributed by atoms with van der Waals surface area (Å²) in [6.07, 6.45) is 0. The van der Waals surface area contributed by atoms with Crippen molar-refractivity contribution in [3.05, 3.63) is 145 Å². The van der Waals surface area contributed by atoms with Gasteiger partial charge in [-0.05, 0) is 53.5 Å². The van der Waals surface area contributed by atoms with Crippen molar-refractivity contribution in [3.8, 4) is 22.5 Å². The first-order chi connectivity index (χ1) is 22.2. The highest BCUT2D eigenvalue weighted by Gasteiger charge is 2.16. The number of rotatable bonds is 3. The number of fused-ring (bicyclic) bond motifs is 6. The summed E-state index contributed by atoms with van der Waals surface area (Å²) in [6.45, 7) is 0. The largest absolute Gasteiger partial charge is 0.309 e. The molecule has 0 radical (unpaired) electrons. The molecule has 0 spiro atoms. The summed E-state index contributed by atoms with van der Waals surface area (Å²) in [4.78, 5) is 0. The van der Waals surface area contributed by atoms with E-state index < -0.39 is 24.2 Å². The van der Waals surface area contributed by atoms with Crippen molar-refractivity contribution in [1.82, 2.24) is 9.13 Å². The molecule has 0 atom stereocenters. The van der Waals surface area contributed by atoms with Gasteiger partial charge in [-0.25, -0.2) is 0 Å². The van der Waals surface area contributed by atoms with Crippen LogP contribution in [0, 0.1) is 0 Å². The van der Waals surface area contributed by atoms with Crippen LogP contribution in [0.25, 0.3) is 66.1 Å². The Hall–Kier alpha value is -5.08. The molecule has 0 fully saturated rings. The number of para-hydroxylation sites is 3. The predicted molar refractivity (Wildman–Crippen MR) is 161 cm³/mol. The van der Waals surface area contributed by atoms with Crippen molar-refractivity contribution in [2.45, 2.75) is 0 Å². The molecule has 0 aliphatic carbocycles. The highest BCUT2D eigenvalue weighted by atomic mass is 15.0. The molecular formula is C36H24N2. The number of hydrogen-bond acceptors (Lipinski definition) is 0. The van der Waals surface area contributed by atoms with Crippen LogP contribution in [0.2, 0.25) is 0 Å². The Kier molecular flexibility index (Phi) is 3.16. The second-order valence-corrected chi connectivity index (χ2v) is 9.25. The minimum absolute atomic E-state index is 0.0603. The maximum atomic E-state index is 8.88. The van der Waals surface area contributed by atoms with Gasteiger partial charge >= 0.3 is 0 Å². The highest BCUT2D eigenvalue weighted by Crippen LogP contribution is 2.37. The van der Waals surface area contributed by atoms with Gasteiger partial charge in [0, 0.05) is 32.9 Å². The monoisotopic (exact) mass is 492 g/mol. The Bertz CT molecular complexity index is 2470. The molecule has 8 rings (SSSR count). The molecule has 0 bridgehead atoms. The molecule has 0 saturated carbocycles. The van der Waals surface area contributed by atoms with Crippen LogP contribution >= 0.6 is 0 Å². The summed E-state index contributed by atoms with van der Waals surface area (Å²) in [5, 5.41) is 2.12. The first-order valence-corrected chi connectivity index (χ1v) is 12.4. The van der Waals surface area contributed by atoms with Crippen LogP contribution in [0.15, 0.2) is 145 Å². The lowest BCUT2D eigenvalue weighted by atomic mass is 10.1. The van der Waals surface area contributed by atoms with Gasteiger partial charge in [0.05, 0.1) is 33.0 Å². The highest BCUT2D eigenvalue weighted by molar-refractivity contribution is 6.12. The number of nitrogens with zero attached hydrogens (tertiary/aromatic N) is 2. The van der Waals surface area contributed by atoms with Gasteiger partial charge in [0.2, 0.25) is 0 Å². The average Bonchev–Trinajstić information content (AvgIpc) is 3.62. The molecule has 8 aromatic rings. The summed E-state index contributed by atoms with van der Waals surface area (Å²) in [6, 6.07) is 29.1. The van der Waals surface area contributed by atoms with E-state index in [1.54, 1.807) is 4.57 Å². The lowest BCUT2D eigenvalue weighted by molar-refractivity contribution is 1.15. The fourth-order valence-corrected chi connectivity index (χ4v) is 5.49. The zero-order valence-corrected chi connectivity index (χ0v) is 20.1. The molecule has 2 heteroatoms. The zero-order chi connectivity index (χ0) is 32.0. The number of aromatic nitrogens is 2. The fraction of sp³-hybridized carbons (Fsp3) is 0. The van der Waals surface area contributed by atoms with Gasteiger partial charge in [-0.2, -0.15) is 0 Å². The van der Waals surface area contributed by atoms with E-state index in [9.17, 15) is 0 Å². The molecule has 2 nitrogen and oxygen atoms in total. The lowest BCUT2D eigenvalue weighted by Crippen LogP contribution is -1.97. The zero-order valence-electron chi connectivity index (χ0n) is 28.1. The maximum Gasteiger partial charge on any atom is 0.0645 e. The van der Waals surface area contributed by atoms with Crippen molar-refractivity contribution in [3.63, 3.8) is 0 Å². The number of hydrogen-bond donors (Lipinski definition) is 0. The van der Waals surface area contributed by atoms with E-state index in [1.165, 1.54) is 0 Å². The normalized spacial score (nSPS) is 14.6. The van der Waals surface area contributed by atoms with Crippen LogP contribution in [0.5, 0.6) is 0 Å². The van der Waals surface area contributed by atoms with Gasteiger partial charge in [0.25, 0.3) is 0 Å². The molecule has 178 valence electrons. The third-order valence-corrected chi connectivity index (χ3v) is 7.18. The third-order valence-electron chi connectivity index (χ3n) is 7.18. The summed E-state index contributed by atoms with van der Waals surface area (Å²) in [5.41, 5.74) is 5.64. The third kappa shape index (κ3) is 3.07. The molecule has 0 aliphatic heterocycles. The Morgan fingerprint density at radius 2 is 0.947 bits per heavy atom. The first-order valence-electron chi connectivity index (χ1n) is 16.4.